The Balaban J connectivity index is 1.06. The number of benzene rings is 3. The number of carbonyl (C=O) groups is 4. The summed E-state index contributed by atoms with van der Waals surface area (Å²) >= 11 is 0. The summed E-state index contributed by atoms with van der Waals surface area (Å²) in [5.41, 5.74) is 11.9. The SMILES string of the molecule is CCn1c(-c2cc(N3CCN(C)[C@H](C)C3)cnc2[C@H](C)OC)c2c3cc(ccc31)-c1cc(O)cc(c1)C[C@H](NC(=O)[C@H](C(C)C)N(C)C(=O)[C@@H]1OCC[C@@H]1c1ccccc1)C(=O)N1CC3C[C@@H]3[C@H](N1)C(=O)OCC(C)(C)C2. The van der Waals surface area contributed by atoms with Crippen molar-refractivity contribution in [1.29, 1.82) is 0 Å². The predicted molar refractivity (Wildman–Crippen MR) is 297 cm³/mol. The highest BCUT2D eigenvalue weighted by Crippen LogP contribution is 2.46. The number of phenolic OH excluding ortho intramolecular Hbond substituents is 1. The van der Waals surface area contributed by atoms with Crippen LogP contribution in [0.3, 0.4) is 0 Å². The van der Waals surface area contributed by atoms with Crippen LogP contribution in [-0.2, 0) is 52.8 Å². The number of hydrazine groups is 1. The van der Waals surface area contributed by atoms with Crippen molar-refractivity contribution < 1.29 is 38.5 Å². The van der Waals surface area contributed by atoms with Gasteiger partial charge in [-0.15, -0.1) is 0 Å². The Kier molecular flexibility index (Phi) is 15.3. The Labute approximate surface area is 453 Å². The summed E-state index contributed by atoms with van der Waals surface area (Å²) in [4.78, 5) is 70.3. The molecule has 410 valence electrons. The van der Waals surface area contributed by atoms with Crippen LogP contribution < -0.4 is 15.6 Å². The fourth-order valence-electron chi connectivity index (χ4n) is 12.6. The molecule has 1 unspecified atom stereocenters. The van der Waals surface area contributed by atoms with Gasteiger partial charge < -0.3 is 43.9 Å². The molecule has 16 nitrogen and oxygen atoms in total. The molecule has 16 heteroatoms. The number of piperazine rings is 1. The first-order valence-corrected chi connectivity index (χ1v) is 27.8. The number of aryl methyl sites for hydroxylation is 1. The third-order valence-electron chi connectivity index (χ3n) is 17.2. The Morgan fingerprint density at radius 1 is 1.01 bits per heavy atom. The first-order valence-electron chi connectivity index (χ1n) is 27.8. The van der Waals surface area contributed by atoms with Gasteiger partial charge in [-0.1, -0.05) is 70.2 Å². The molecule has 0 spiro atoms. The van der Waals surface area contributed by atoms with Gasteiger partial charge in [-0.3, -0.25) is 29.2 Å². The van der Waals surface area contributed by atoms with Gasteiger partial charge in [0.1, 0.15) is 30.0 Å². The zero-order valence-electron chi connectivity index (χ0n) is 46.5. The van der Waals surface area contributed by atoms with Crippen molar-refractivity contribution in [1.82, 2.24) is 35.1 Å². The lowest BCUT2D eigenvalue weighted by Crippen LogP contribution is -2.63. The van der Waals surface area contributed by atoms with E-state index in [1.54, 1.807) is 26.3 Å². The zero-order valence-corrected chi connectivity index (χ0v) is 46.5. The van der Waals surface area contributed by atoms with Crippen molar-refractivity contribution >= 4 is 40.3 Å². The monoisotopic (exact) mass is 1050 g/mol. The number of esters is 1. The van der Waals surface area contributed by atoms with Gasteiger partial charge >= 0.3 is 5.97 Å². The van der Waals surface area contributed by atoms with E-state index in [1.165, 1.54) is 9.91 Å². The van der Waals surface area contributed by atoms with Crippen LogP contribution in [0.25, 0.3) is 33.3 Å². The van der Waals surface area contributed by atoms with Gasteiger partial charge in [-0.05, 0) is 123 Å². The molecular weight excluding hydrogens is 973 g/mol. The quantitative estimate of drug-likeness (QED) is 0.112. The van der Waals surface area contributed by atoms with Gasteiger partial charge in [0.05, 0.1) is 36.0 Å². The summed E-state index contributed by atoms with van der Waals surface area (Å²) in [5, 5.41) is 17.2. The normalized spacial score (nSPS) is 25.5. The van der Waals surface area contributed by atoms with Crippen LogP contribution in [-0.4, -0.2) is 144 Å². The summed E-state index contributed by atoms with van der Waals surface area (Å²) in [6.45, 7) is 18.7. The fourth-order valence-corrected chi connectivity index (χ4v) is 12.6. The second-order valence-corrected chi connectivity index (χ2v) is 23.6. The van der Waals surface area contributed by atoms with Crippen molar-refractivity contribution in [2.45, 2.75) is 123 Å². The van der Waals surface area contributed by atoms with Crippen LogP contribution in [0.2, 0.25) is 0 Å². The average Bonchev–Trinajstić information content (AvgIpc) is 3.98. The van der Waals surface area contributed by atoms with E-state index < -0.39 is 47.4 Å². The molecule has 3 saturated heterocycles. The van der Waals surface area contributed by atoms with Gasteiger partial charge in [-0.25, -0.2) is 5.43 Å². The molecule has 6 bridgehead atoms. The number of aromatic nitrogens is 2. The number of anilines is 1. The van der Waals surface area contributed by atoms with E-state index in [2.05, 4.69) is 84.1 Å². The molecule has 4 aliphatic heterocycles. The number of hydrogen-bond donors (Lipinski definition) is 3. The lowest BCUT2D eigenvalue weighted by Gasteiger charge is -2.39. The number of carbonyl (C=O) groups excluding carboxylic acids is 4. The number of pyridine rings is 1. The van der Waals surface area contributed by atoms with Crippen LogP contribution in [0.1, 0.15) is 95.7 Å². The van der Waals surface area contributed by atoms with Gasteiger partial charge in [-0.2, -0.15) is 0 Å². The molecule has 3 aromatic carbocycles. The first-order chi connectivity index (χ1) is 36.8. The van der Waals surface area contributed by atoms with Crippen molar-refractivity contribution in [3.8, 4) is 28.1 Å². The van der Waals surface area contributed by atoms with Crippen molar-refractivity contribution in [3.63, 3.8) is 0 Å². The maximum Gasteiger partial charge on any atom is 0.325 e. The summed E-state index contributed by atoms with van der Waals surface area (Å²) in [5.74, 6) is -2.13. The summed E-state index contributed by atoms with van der Waals surface area (Å²) in [7, 11) is 5.51. The van der Waals surface area contributed by atoms with Gasteiger partial charge in [0, 0.05) is 93.8 Å². The fraction of sp³-hybridized carbons (Fsp3) is 0.525. The highest BCUT2D eigenvalue weighted by Gasteiger charge is 2.53. The van der Waals surface area contributed by atoms with Crippen LogP contribution >= 0.6 is 0 Å². The number of cyclic esters (lactones) is 1. The van der Waals surface area contributed by atoms with Gasteiger partial charge in [0.25, 0.3) is 11.8 Å². The minimum absolute atomic E-state index is 0.00554. The molecule has 10 rings (SSSR count). The topological polar surface area (TPSA) is 171 Å². The summed E-state index contributed by atoms with van der Waals surface area (Å²) in [6.07, 6.45) is 2.85. The van der Waals surface area contributed by atoms with Crippen LogP contribution in [0.15, 0.2) is 79.0 Å². The molecule has 1 saturated carbocycles. The van der Waals surface area contributed by atoms with E-state index in [4.69, 9.17) is 19.2 Å². The lowest BCUT2D eigenvalue weighted by atomic mass is 9.84. The number of nitrogens with one attached hydrogen (secondary N) is 2. The number of ether oxygens (including phenoxy) is 3. The third kappa shape index (κ3) is 10.8. The number of phenols is 1. The molecule has 0 radical (unpaired) electrons. The molecule has 1 aliphatic carbocycles. The number of likely N-dealkylation sites (N-methyl/N-ethyl adjacent to an activating group) is 2. The highest BCUT2D eigenvalue weighted by molar-refractivity contribution is 5.96. The standard InChI is InChI=1S/C61H78N8O8/c1-11-68-51-18-17-40-27-47(51)49(55(68)48-29-43(31-62-52(48)37(5)75-10)67-21-20-65(8)36(4)32-67)30-61(6,7)34-77-60(74)53-46-28-42(46)33-69(64-53)58(72)50(25-38-23-41(40)26-44(70)24-38)63-57(71)54(35(2)3)66(9)59(73)56-45(19-22-76-56)39-15-13-12-14-16-39/h12-18,23-24,26-27,29,31,35-37,42,45-46,50,53-54,56,64,70H,11,19-22,25,28,30,32-34H2,1-10H3,(H,63,71)/t36-,37+,42?,45-,46+,50+,53+,54+,56-/m1/s1. The number of rotatable bonds is 11. The van der Waals surface area contributed by atoms with Crippen molar-refractivity contribution in [2.75, 3.05) is 65.5 Å². The Hall–Kier alpha value is -6.33. The average molecular weight is 1050 g/mol. The van der Waals surface area contributed by atoms with E-state index in [0.717, 1.165) is 81.9 Å². The third-order valence-corrected chi connectivity index (χ3v) is 17.2. The van der Waals surface area contributed by atoms with E-state index in [-0.39, 0.29) is 54.5 Å². The van der Waals surface area contributed by atoms with Crippen molar-refractivity contribution in [2.24, 2.45) is 23.2 Å². The van der Waals surface area contributed by atoms with E-state index >= 15 is 4.79 Å². The number of nitrogens with zero attached hydrogens (tertiary/aromatic N) is 6. The number of amides is 3. The maximum absolute atomic E-state index is 15.1. The maximum atomic E-state index is 15.1. The van der Waals surface area contributed by atoms with Crippen LogP contribution in [0.4, 0.5) is 5.69 Å². The molecule has 3 amide bonds. The Bertz CT molecular complexity index is 3030. The van der Waals surface area contributed by atoms with Gasteiger partial charge in [0.2, 0.25) is 5.91 Å². The smallest absolute Gasteiger partial charge is 0.325 e. The van der Waals surface area contributed by atoms with Crippen molar-refractivity contribution in [3.05, 3.63) is 101 Å². The van der Waals surface area contributed by atoms with Crippen LogP contribution in [0, 0.1) is 23.2 Å². The molecule has 6 heterocycles. The first kappa shape index (κ1) is 54.0. The number of fused-ring (bicyclic) bond motifs is 8. The molecule has 4 fully saturated rings. The Morgan fingerprint density at radius 3 is 2.52 bits per heavy atom. The molecule has 2 aromatic heterocycles. The molecule has 9 atom stereocenters. The summed E-state index contributed by atoms with van der Waals surface area (Å²) < 4.78 is 20.8. The zero-order chi connectivity index (χ0) is 54.6. The minimum Gasteiger partial charge on any atom is -0.508 e. The van der Waals surface area contributed by atoms with E-state index in [9.17, 15) is 19.5 Å². The van der Waals surface area contributed by atoms with E-state index in [1.807, 2.05) is 63.4 Å². The Morgan fingerprint density at radius 2 is 1.79 bits per heavy atom. The molecule has 5 aromatic rings. The molecular formula is C61H78N8O8. The number of hydrogen-bond acceptors (Lipinski definition) is 12. The van der Waals surface area contributed by atoms with E-state index in [0.29, 0.717) is 44.1 Å². The predicted octanol–water partition coefficient (Wildman–Crippen LogP) is 7.50. The largest absolute Gasteiger partial charge is 0.508 e. The molecule has 3 N–H and O–H groups in total. The second kappa shape index (κ2) is 21.8. The number of aromatic hydroxyl groups is 1. The highest BCUT2D eigenvalue weighted by atomic mass is 16.5. The molecule has 77 heavy (non-hydrogen) atoms. The second-order valence-electron chi connectivity index (χ2n) is 23.6. The number of methoxy groups -OCH3 is 1. The van der Waals surface area contributed by atoms with Crippen LogP contribution in [0.5, 0.6) is 5.75 Å². The summed E-state index contributed by atoms with van der Waals surface area (Å²) in [6, 6.07) is 21.3. The molecule has 5 aliphatic rings. The minimum atomic E-state index is -1.16. The lowest BCUT2D eigenvalue weighted by molar-refractivity contribution is -0.156. The van der Waals surface area contributed by atoms with Gasteiger partial charge in [0.15, 0.2) is 0 Å².